The minimum Gasteiger partial charge on any atom is -0.466 e. The number of carbonyl (C=O) groups is 3. The lowest BCUT2D eigenvalue weighted by Crippen LogP contribution is -2.57. The number of hydrogen-bond acceptors (Lipinski definition) is 7. The number of hydrogen-bond donors (Lipinski definition) is 2. The van der Waals surface area contributed by atoms with Crippen molar-refractivity contribution in [2.24, 2.45) is 17.8 Å². The molecule has 216 valence electrons. The summed E-state index contributed by atoms with van der Waals surface area (Å²) >= 11 is 0. The van der Waals surface area contributed by atoms with Crippen LogP contribution in [0.1, 0.15) is 67.2 Å². The van der Waals surface area contributed by atoms with Crippen molar-refractivity contribution in [3.05, 3.63) is 24.3 Å². The maximum atomic E-state index is 14.3. The van der Waals surface area contributed by atoms with E-state index in [1.807, 2.05) is 45.0 Å². The van der Waals surface area contributed by atoms with Crippen LogP contribution in [0.25, 0.3) is 0 Å². The first-order valence-corrected chi connectivity index (χ1v) is 14.6. The molecule has 1 spiro atoms. The van der Waals surface area contributed by atoms with Crippen molar-refractivity contribution >= 4 is 29.2 Å². The van der Waals surface area contributed by atoms with E-state index in [2.05, 4.69) is 24.1 Å². The fourth-order valence-electron chi connectivity index (χ4n) is 7.27. The number of rotatable bonds is 12. The Morgan fingerprint density at radius 2 is 1.82 bits per heavy atom. The van der Waals surface area contributed by atoms with Crippen LogP contribution in [-0.4, -0.2) is 77.4 Å². The van der Waals surface area contributed by atoms with Gasteiger partial charge in [0.05, 0.1) is 30.8 Å². The Morgan fingerprint density at radius 1 is 1.15 bits per heavy atom. The number of amides is 2. The first-order valence-electron chi connectivity index (χ1n) is 14.6. The minimum atomic E-state index is -1.16. The van der Waals surface area contributed by atoms with Crippen molar-refractivity contribution in [2.75, 3.05) is 36.5 Å². The lowest BCUT2D eigenvalue weighted by molar-refractivity contribution is -0.162. The van der Waals surface area contributed by atoms with Crippen molar-refractivity contribution in [2.45, 2.75) is 90.5 Å². The van der Waals surface area contributed by atoms with Gasteiger partial charge in [0.1, 0.15) is 17.6 Å². The van der Waals surface area contributed by atoms with Crippen LogP contribution in [-0.2, 0) is 23.9 Å². The number of nitrogens with zero attached hydrogens (tertiary/aromatic N) is 2. The molecule has 0 saturated carbocycles. The maximum Gasteiger partial charge on any atom is 0.312 e. The van der Waals surface area contributed by atoms with E-state index in [9.17, 15) is 19.5 Å². The second-order valence-corrected chi connectivity index (χ2v) is 11.2. The van der Waals surface area contributed by atoms with Crippen molar-refractivity contribution in [3.63, 3.8) is 0 Å². The monoisotopic (exact) mass is 543 g/mol. The topological polar surface area (TPSA) is 108 Å². The normalized spacial score (nSPS) is 30.7. The van der Waals surface area contributed by atoms with Gasteiger partial charge < -0.3 is 29.7 Å². The van der Waals surface area contributed by atoms with E-state index in [0.717, 1.165) is 25.2 Å². The van der Waals surface area contributed by atoms with Gasteiger partial charge in [0.15, 0.2) is 0 Å². The molecule has 1 aromatic rings. The summed E-state index contributed by atoms with van der Waals surface area (Å²) in [6, 6.07) is 6.11. The number of likely N-dealkylation sites (tertiary alicyclic amines) is 1. The predicted octanol–water partition coefficient (Wildman–Crippen LogP) is 3.60. The third-order valence-corrected chi connectivity index (χ3v) is 9.52. The van der Waals surface area contributed by atoms with Gasteiger partial charge in [-0.3, -0.25) is 14.4 Å². The molecule has 3 heterocycles. The Hall–Kier alpha value is -2.65. The van der Waals surface area contributed by atoms with Crippen molar-refractivity contribution in [1.82, 2.24) is 4.90 Å². The molecule has 0 radical (unpaired) electrons. The molecule has 9 nitrogen and oxygen atoms in total. The predicted molar refractivity (Wildman–Crippen MR) is 149 cm³/mol. The second-order valence-electron chi connectivity index (χ2n) is 11.2. The molecule has 2 unspecified atom stereocenters. The number of aliphatic hydroxyl groups excluding tert-OH is 1. The van der Waals surface area contributed by atoms with Crippen molar-refractivity contribution in [1.29, 1.82) is 0 Å². The smallest absolute Gasteiger partial charge is 0.312 e. The highest BCUT2D eigenvalue weighted by atomic mass is 16.6. The zero-order chi connectivity index (χ0) is 28.5. The summed E-state index contributed by atoms with van der Waals surface area (Å²) < 4.78 is 12.2. The van der Waals surface area contributed by atoms with Crippen LogP contribution in [0.2, 0.25) is 0 Å². The van der Waals surface area contributed by atoms with Gasteiger partial charge in [-0.05, 0) is 70.2 Å². The zero-order valence-electron chi connectivity index (χ0n) is 24.2. The quantitative estimate of drug-likeness (QED) is 0.388. The Morgan fingerprint density at radius 3 is 2.36 bits per heavy atom. The molecule has 0 aliphatic carbocycles. The first-order chi connectivity index (χ1) is 18.7. The zero-order valence-corrected chi connectivity index (χ0v) is 24.2. The molecule has 7 atom stereocenters. The highest BCUT2D eigenvalue weighted by molar-refractivity contribution is 6.03. The molecule has 2 bridgehead atoms. The summed E-state index contributed by atoms with van der Waals surface area (Å²) in [7, 11) is 0. The third kappa shape index (κ3) is 4.61. The molecule has 3 saturated heterocycles. The summed E-state index contributed by atoms with van der Waals surface area (Å²) in [5.41, 5.74) is -0.317. The summed E-state index contributed by atoms with van der Waals surface area (Å²) in [4.78, 5) is 45.5. The molecular formula is C30H45N3O6. The molecule has 4 rings (SSSR count). The van der Waals surface area contributed by atoms with Crippen LogP contribution < -0.4 is 10.2 Å². The largest absolute Gasteiger partial charge is 0.466 e. The fourth-order valence-corrected chi connectivity index (χ4v) is 7.27. The van der Waals surface area contributed by atoms with Crippen LogP contribution in [0.15, 0.2) is 24.3 Å². The number of esters is 1. The highest BCUT2D eigenvalue weighted by Gasteiger charge is 2.79. The van der Waals surface area contributed by atoms with Crippen LogP contribution >= 0.6 is 0 Å². The molecule has 3 aliphatic rings. The van der Waals surface area contributed by atoms with Gasteiger partial charge in [0.25, 0.3) is 0 Å². The van der Waals surface area contributed by atoms with Gasteiger partial charge in [0, 0.05) is 24.5 Å². The molecule has 2 amide bonds. The van der Waals surface area contributed by atoms with Crippen LogP contribution in [0.4, 0.5) is 11.4 Å². The SMILES string of the molecule is CCOC(=O)[C@@H]1[C@H]2C(=O)N([C@@H](CO)[C@@H](C)CC)C(C(=O)Nc3ccc(N(CC)CC)cc3)C23CC[C@@]1(CC)O3. The van der Waals surface area contributed by atoms with E-state index < -0.39 is 41.1 Å². The number of nitrogens with one attached hydrogen (secondary N) is 1. The van der Waals surface area contributed by atoms with Crippen LogP contribution in [0.5, 0.6) is 0 Å². The Kier molecular flexibility index (Phi) is 8.61. The summed E-state index contributed by atoms with van der Waals surface area (Å²) in [6.45, 7) is 13.5. The second kappa shape index (κ2) is 11.5. The van der Waals surface area contributed by atoms with E-state index >= 15 is 0 Å². The molecule has 2 N–H and O–H groups in total. The number of carbonyl (C=O) groups excluding carboxylic acids is 3. The van der Waals surface area contributed by atoms with Crippen LogP contribution in [0, 0.1) is 17.8 Å². The molecule has 1 aromatic carbocycles. The van der Waals surface area contributed by atoms with Gasteiger partial charge in [-0.25, -0.2) is 0 Å². The Bertz CT molecular complexity index is 1060. The highest BCUT2D eigenvalue weighted by Crippen LogP contribution is 2.65. The first kappa shape index (κ1) is 29.3. The molecular weight excluding hydrogens is 498 g/mol. The van der Waals surface area contributed by atoms with Gasteiger partial charge in [-0.2, -0.15) is 0 Å². The average molecular weight is 544 g/mol. The summed E-state index contributed by atoms with van der Waals surface area (Å²) in [6.07, 6.45) is 2.31. The number of aliphatic hydroxyl groups is 1. The van der Waals surface area contributed by atoms with Crippen molar-refractivity contribution in [3.8, 4) is 0 Å². The number of fused-ring (bicyclic) bond motifs is 1. The molecule has 3 aliphatic heterocycles. The number of anilines is 2. The molecule has 0 aromatic heterocycles. The molecule has 9 heteroatoms. The molecule has 39 heavy (non-hydrogen) atoms. The van der Waals surface area contributed by atoms with E-state index in [4.69, 9.17) is 9.47 Å². The average Bonchev–Trinajstić information content (AvgIpc) is 3.54. The van der Waals surface area contributed by atoms with Gasteiger partial charge >= 0.3 is 5.97 Å². The van der Waals surface area contributed by atoms with E-state index in [1.165, 1.54) is 4.90 Å². The minimum absolute atomic E-state index is 0.0591. The summed E-state index contributed by atoms with van der Waals surface area (Å²) in [5, 5.41) is 13.5. The third-order valence-electron chi connectivity index (χ3n) is 9.52. The van der Waals surface area contributed by atoms with Gasteiger partial charge in [-0.1, -0.05) is 27.2 Å². The summed E-state index contributed by atoms with van der Waals surface area (Å²) in [5.74, 6) is -2.79. The lowest BCUT2D eigenvalue weighted by atomic mass is 9.65. The number of ether oxygens (including phenoxy) is 2. The fraction of sp³-hybridized carbons (Fsp3) is 0.700. The van der Waals surface area contributed by atoms with E-state index in [-0.39, 0.29) is 30.9 Å². The number of benzene rings is 1. The van der Waals surface area contributed by atoms with E-state index in [1.54, 1.807) is 6.92 Å². The maximum absolute atomic E-state index is 14.3. The standard InChI is InChI=1S/C30H45N3O6/c1-7-19(6)22(18-34)33-25(26(35)31-20-12-14-21(15-13-20)32(9-3)10-4)30-17-16-29(8-2,39-30)24(23(30)27(33)36)28(37)38-11-5/h12-15,19,22-25,34H,7-11,16-18H2,1-6H3,(H,31,35)/t19-,22-,23-,24-,25?,29+,30?/m0/s1. The van der Waals surface area contributed by atoms with Gasteiger partial charge in [0.2, 0.25) is 11.8 Å². The van der Waals surface area contributed by atoms with Crippen LogP contribution in [0.3, 0.4) is 0 Å². The Balaban J connectivity index is 1.75. The Labute approximate surface area is 232 Å². The van der Waals surface area contributed by atoms with E-state index in [0.29, 0.717) is 24.9 Å². The van der Waals surface area contributed by atoms with Gasteiger partial charge in [-0.15, -0.1) is 0 Å². The molecule has 3 fully saturated rings. The lowest BCUT2D eigenvalue weighted by Gasteiger charge is -2.39. The van der Waals surface area contributed by atoms with Crippen molar-refractivity contribution < 1.29 is 29.0 Å².